The third-order valence-corrected chi connectivity index (χ3v) is 4.85. The van der Waals surface area contributed by atoms with Gasteiger partial charge in [0.1, 0.15) is 5.82 Å². The molecule has 6 nitrogen and oxygen atoms in total. The lowest BCUT2D eigenvalue weighted by molar-refractivity contribution is 0.166. The van der Waals surface area contributed by atoms with Gasteiger partial charge in [0.25, 0.3) is 0 Å². The first-order valence-electron chi connectivity index (χ1n) is 8.36. The number of nitrogens with zero attached hydrogens (tertiary/aromatic N) is 3. The summed E-state index contributed by atoms with van der Waals surface area (Å²) in [6.07, 6.45) is 5.85. The van der Waals surface area contributed by atoms with Gasteiger partial charge in [0, 0.05) is 35.4 Å². The number of aromatic nitrogens is 3. The molecular weight excluding hydrogens is 321 g/mol. The van der Waals surface area contributed by atoms with E-state index in [4.69, 9.17) is 5.73 Å². The highest BCUT2D eigenvalue weighted by Crippen LogP contribution is 2.33. The highest BCUT2D eigenvalue weighted by Gasteiger charge is 2.33. The van der Waals surface area contributed by atoms with Gasteiger partial charge in [-0.3, -0.25) is 4.68 Å². The van der Waals surface area contributed by atoms with Crippen LogP contribution >= 0.6 is 0 Å². The molecule has 0 bridgehead atoms. The van der Waals surface area contributed by atoms with Crippen molar-refractivity contribution in [2.24, 2.45) is 5.92 Å². The van der Waals surface area contributed by atoms with E-state index in [0.717, 1.165) is 13.0 Å². The second kappa shape index (κ2) is 6.33. The molecule has 25 heavy (non-hydrogen) atoms. The molecule has 1 fully saturated rings. The Morgan fingerprint density at radius 2 is 2.20 bits per heavy atom. The van der Waals surface area contributed by atoms with Crippen LogP contribution in [0.1, 0.15) is 12.8 Å². The van der Waals surface area contributed by atoms with Crippen LogP contribution in [0.15, 0.2) is 42.9 Å². The molecule has 0 aliphatic heterocycles. The monoisotopic (exact) mass is 341 g/mol. The topological polar surface area (TPSA) is 89.0 Å². The quantitative estimate of drug-likeness (QED) is 0.634. The fourth-order valence-electron chi connectivity index (χ4n) is 3.68. The molecule has 3 aromatic rings. The van der Waals surface area contributed by atoms with Crippen molar-refractivity contribution in [1.29, 1.82) is 0 Å². The van der Waals surface area contributed by atoms with Crippen molar-refractivity contribution in [3.8, 4) is 0 Å². The summed E-state index contributed by atoms with van der Waals surface area (Å²) in [5.74, 6) is 0.429. The van der Waals surface area contributed by atoms with Gasteiger partial charge in [0.2, 0.25) is 0 Å². The number of nitrogen functional groups attached to an aromatic ring is 1. The number of halogens is 1. The Balaban J connectivity index is 1.55. The van der Waals surface area contributed by atoms with Gasteiger partial charge in [0.05, 0.1) is 18.3 Å². The highest BCUT2D eigenvalue weighted by molar-refractivity contribution is 5.99. The first-order valence-corrected chi connectivity index (χ1v) is 8.36. The zero-order valence-electron chi connectivity index (χ0n) is 13.6. The number of rotatable bonds is 4. The van der Waals surface area contributed by atoms with E-state index >= 15 is 0 Å². The number of anilines is 2. The first-order chi connectivity index (χ1) is 12.1. The third-order valence-electron chi connectivity index (χ3n) is 4.85. The molecule has 2 heterocycles. The van der Waals surface area contributed by atoms with Gasteiger partial charge in [-0.1, -0.05) is 12.1 Å². The average molecular weight is 341 g/mol. The van der Waals surface area contributed by atoms with E-state index in [1.165, 1.54) is 6.20 Å². The maximum absolute atomic E-state index is 14.1. The molecule has 7 heteroatoms. The number of pyridine rings is 1. The van der Waals surface area contributed by atoms with Crippen molar-refractivity contribution in [2.75, 3.05) is 11.1 Å². The number of hydrogen-bond donors (Lipinski definition) is 3. The Kier molecular flexibility index (Phi) is 4.01. The Labute approximate surface area is 144 Å². The molecule has 1 aromatic carbocycles. The molecule has 0 spiro atoms. The van der Waals surface area contributed by atoms with Gasteiger partial charge in [-0.2, -0.15) is 5.10 Å². The predicted molar refractivity (Wildman–Crippen MR) is 94.5 cm³/mol. The third kappa shape index (κ3) is 3.02. The second-order valence-electron chi connectivity index (χ2n) is 6.61. The number of benzene rings is 1. The van der Waals surface area contributed by atoms with Crippen molar-refractivity contribution in [3.05, 3.63) is 48.7 Å². The lowest BCUT2D eigenvalue weighted by atomic mass is 10.1. The summed E-state index contributed by atoms with van der Waals surface area (Å²) in [7, 11) is 0. The molecule has 130 valence electrons. The first kappa shape index (κ1) is 15.8. The van der Waals surface area contributed by atoms with Gasteiger partial charge < -0.3 is 16.2 Å². The number of aliphatic hydroxyl groups is 1. The number of aliphatic hydroxyl groups excluding tert-OH is 1. The standard InChI is InChI=1S/C18H20FN5O/c19-13-9-21-18(12-3-1-4-14(20)17(12)13)23-15-7-11(8-16(15)25)10-24-6-2-5-22-24/h1-6,9,11,15-16,25H,7-8,10,20H2,(H,21,23)/t11?,15-,16-/m1/s1. The molecule has 4 N–H and O–H groups in total. The van der Waals surface area contributed by atoms with Crippen molar-refractivity contribution in [3.63, 3.8) is 0 Å². The predicted octanol–water partition coefficient (Wildman–Crippen LogP) is 2.40. The summed E-state index contributed by atoms with van der Waals surface area (Å²) in [5, 5.41) is 18.9. The van der Waals surface area contributed by atoms with Crippen molar-refractivity contribution < 1.29 is 9.50 Å². The van der Waals surface area contributed by atoms with E-state index in [1.54, 1.807) is 24.4 Å². The molecular formula is C18H20FN5O. The molecule has 0 amide bonds. The van der Waals surface area contributed by atoms with Crippen LogP contribution in [-0.2, 0) is 6.54 Å². The fraction of sp³-hybridized carbons (Fsp3) is 0.333. The number of fused-ring (bicyclic) bond motifs is 1. The zero-order valence-corrected chi connectivity index (χ0v) is 13.6. The van der Waals surface area contributed by atoms with E-state index in [1.807, 2.05) is 16.9 Å². The van der Waals surface area contributed by atoms with Crippen LogP contribution in [0.25, 0.3) is 10.8 Å². The smallest absolute Gasteiger partial charge is 0.151 e. The van der Waals surface area contributed by atoms with E-state index < -0.39 is 11.9 Å². The summed E-state index contributed by atoms with van der Waals surface area (Å²) < 4.78 is 15.9. The molecule has 4 rings (SSSR count). The minimum absolute atomic E-state index is 0.136. The summed E-state index contributed by atoms with van der Waals surface area (Å²) in [5.41, 5.74) is 6.28. The summed E-state index contributed by atoms with van der Waals surface area (Å²) in [6.45, 7) is 0.771. The van der Waals surface area contributed by atoms with E-state index in [-0.39, 0.29) is 6.04 Å². The molecule has 1 aliphatic carbocycles. The molecule has 3 atom stereocenters. The highest BCUT2D eigenvalue weighted by atomic mass is 19.1. The van der Waals surface area contributed by atoms with Crippen LogP contribution in [0.5, 0.6) is 0 Å². The Morgan fingerprint density at radius 3 is 3.00 bits per heavy atom. The minimum atomic E-state index is -0.483. The van der Waals surface area contributed by atoms with Crippen LogP contribution in [0.4, 0.5) is 15.9 Å². The Morgan fingerprint density at radius 1 is 1.32 bits per heavy atom. The van der Waals surface area contributed by atoms with E-state index in [0.29, 0.717) is 34.6 Å². The van der Waals surface area contributed by atoms with Crippen LogP contribution in [0, 0.1) is 11.7 Å². The van der Waals surface area contributed by atoms with Crippen LogP contribution in [-0.4, -0.2) is 32.0 Å². The molecule has 1 saturated carbocycles. The maximum atomic E-state index is 14.1. The maximum Gasteiger partial charge on any atom is 0.151 e. The van der Waals surface area contributed by atoms with E-state index in [2.05, 4.69) is 15.4 Å². The second-order valence-corrected chi connectivity index (χ2v) is 6.61. The van der Waals surface area contributed by atoms with Crippen LogP contribution in [0.3, 0.4) is 0 Å². The van der Waals surface area contributed by atoms with Gasteiger partial charge in [-0.05, 0) is 30.9 Å². The molecule has 1 aliphatic rings. The number of hydrogen-bond acceptors (Lipinski definition) is 5. The SMILES string of the molecule is Nc1cccc2c(N[C@@H]3CC(Cn4cccn4)C[C@H]3O)ncc(F)c12. The summed E-state index contributed by atoms with van der Waals surface area (Å²) >= 11 is 0. The van der Waals surface area contributed by atoms with Crippen molar-refractivity contribution in [1.82, 2.24) is 14.8 Å². The average Bonchev–Trinajstić information content (AvgIpc) is 3.21. The molecule has 0 radical (unpaired) electrons. The van der Waals surface area contributed by atoms with E-state index in [9.17, 15) is 9.50 Å². The molecule has 2 aromatic heterocycles. The fourth-order valence-corrected chi connectivity index (χ4v) is 3.68. The zero-order chi connectivity index (χ0) is 17.4. The largest absolute Gasteiger partial charge is 0.398 e. The van der Waals surface area contributed by atoms with Gasteiger partial charge >= 0.3 is 0 Å². The normalized spacial score (nSPS) is 23.2. The molecule has 1 unspecified atom stereocenters. The summed E-state index contributed by atoms with van der Waals surface area (Å²) in [6, 6.07) is 6.98. The Hall–Kier alpha value is -2.67. The lowest BCUT2D eigenvalue weighted by Crippen LogP contribution is -2.28. The Bertz CT molecular complexity index is 874. The van der Waals surface area contributed by atoms with Crippen molar-refractivity contribution >= 4 is 22.3 Å². The van der Waals surface area contributed by atoms with Crippen molar-refractivity contribution in [2.45, 2.75) is 31.5 Å². The number of nitrogens with two attached hydrogens (primary N) is 1. The summed E-state index contributed by atoms with van der Waals surface area (Å²) in [4.78, 5) is 4.18. The van der Waals surface area contributed by atoms with Crippen LogP contribution in [0.2, 0.25) is 0 Å². The van der Waals surface area contributed by atoms with Gasteiger partial charge in [0.15, 0.2) is 5.82 Å². The molecule has 0 saturated heterocycles. The van der Waals surface area contributed by atoms with Gasteiger partial charge in [-0.15, -0.1) is 0 Å². The van der Waals surface area contributed by atoms with Gasteiger partial charge in [-0.25, -0.2) is 9.37 Å². The lowest BCUT2D eigenvalue weighted by Gasteiger charge is -2.19. The minimum Gasteiger partial charge on any atom is -0.398 e. The van der Waals surface area contributed by atoms with Crippen LogP contribution < -0.4 is 11.1 Å². The number of nitrogens with one attached hydrogen (secondary N) is 1.